The van der Waals surface area contributed by atoms with Crippen molar-refractivity contribution in [2.75, 3.05) is 4.72 Å². The minimum absolute atomic E-state index is 0.454. The minimum Gasteiger partial charge on any atom is -0.277 e. The zero-order valence-electron chi connectivity index (χ0n) is 9.40. The van der Waals surface area contributed by atoms with Crippen LogP contribution in [0.4, 0.5) is 18.9 Å². The molecule has 100 valence electrons. The smallest absolute Gasteiger partial charge is 0.264 e. The Hall–Kier alpha value is -2.02. The van der Waals surface area contributed by atoms with Crippen molar-refractivity contribution in [3.63, 3.8) is 0 Å². The first-order valence-electron chi connectivity index (χ1n) is 5.12. The average molecular weight is 287 g/mol. The van der Waals surface area contributed by atoms with Crippen LogP contribution >= 0.6 is 0 Å². The molecule has 0 fully saturated rings. The lowest BCUT2D eigenvalue weighted by Gasteiger charge is -2.09. The molecular weight excluding hydrogens is 279 g/mol. The minimum atomic E-state index is -4.27. The Bertz CT molecular complexity index is 717. The van der Waals surface area contributed by atoms with Crippen LogP contribution in [0.5, 0.6) is 0 Å². The molecule has 0 amide bonds. The molecule has 0 atom stereocenters. The van der Waals surface area contributed by atoms with Crippen LogP contribution in [0.15, 0.2) is 47.4 Å². The molecule has 2 aromatic carbocycles. The van der Waals surface area contributed by atoms with Gasteiger partial charge in [0.25, 0.3) is 10.0 Å². The zero-order chi connectivity index (χ0) is 14.0. The Labute approximate surface area is 107 Å². The van der Waals surface area contributed by atoms with E-state index < -0.39 is 38.1 Å². The van der Waals surface area contributed by atoms with E-state index in [9.17, 15) is 21.6 Å². The third-order valence-electron chi connectivity index (χ3n) is 2.30. The highest BCUT2D eigenvalue weighted by Gasteiger charge is 2.20. The summed E-state index contributed by atoms with van der Waals surface area (Å²) in [6, 6.07) is 7.00. The fourth-order valence-electron chi connectivity index (χ4n) is 1.43. The molecule has 2 rings (SSSR count). The maximum absolute atomic E-state index is 13.4. The summed E-state index contributed by atoms with van der Waals surface area (Å²) in [5.41, 5.74) is -0.454. The molecule has 0 radical (unpaired) electrons. The van der Waals surface area contributed by atoms with Crippen molar-refractivity contribution in [2.24, 2.45) is 0 Å². The Morgan fingerprint density at radius 2 is 1.58 bits per heavy atom. The molecule has 1 N–H and O–H groups in total. The average Bonchev–Trinajstić information content (AvgIpc) is 2.33. The summed E-state index contributed by atoms with van der Waals surface area (Å²) in [6.07, 6.45) is 0. The molecule has 0 bridgehead atoms. The van der Waals surface area contributed by atoms with Gasteiger partial charge in [0, 0.05) is 6.07 Å². The number of halogens is 3. The number of rotatable bonds is 3. The van der Waals surface area contributed by atoms with Crippen LogP contribution in [-0.2, 0) is 10.0 Å². The van der Waals surface area contributed by atoms with E-state index in [0.29, 0.717) is 6.07 Å². The third-order valence-corrected chi connectivity index (χ3v) is 3.70. The van der Waals surface area contributed by atoms with Gasteiger partial charge in [-0.25, -0.2) is 21.6 Å². The Morgan fingerprint density at radius 3 is 2.21 bits per heavy atom. The normalized spacial score (nSPS) is 11.3. The van der Waals surface area contributed by atoms with Gasteiger partial charge in [0.2, 0.25) is 0 Å². The van der Waals surface area contributed by atoms with Crippen LogP contribution in [0.1, 0.15) is 0 Å². The number of anilines is 1. The fourth-order valence-corrected chi connectivity index (χ4v) is 2.58. The molecule has 2 aromatic rings. The molecule has 19 heavy (non-hydrogen) atoms. The SMILES string of the molecule is O=S(=O)(Nc1ccc(F)cc1F)c1ccccc1F. The maximum atomic E-state index is 13.4. The summed E-state index contributed by atoms with van der Waals surface area (Å²) < 4.78 is 65.0. The van der Waals surface area contributed by atoms with Gasteiger partial charge in [-0.05, 0) is 24.3 Å². The second-order valence-corrected chi connectivity index (χ2v) is 5.31. The van der Waals surface area contributed by atoms with E-state index in [4.69, 9.17) is 0 Å². The predicted octanol–water partition coefficient (Wildman–Crippen LogP) is 2.90. The summed E-state index contributed by atoms with van der Waals surface area (Å²) in [4.78, 5) is -0.612. The van der Waals surface area contributed by atoms with Crippen LogP contribution in [0, 0.1) is 17.5 Å². The fraction of sp³-hybridized carbons (Fsp3) is 0. The van der Waals surface area contributed by atoms with E-state index in [1.807, 2.05) is 4.72 Å². The summed E-state index contributed by atoms with van der Waals surface area (Å²) in [6.45, 7) is 0. The molecule has 7 heteroatoms. The quantitative estimate of drug-likeness (QED) is 0.943. The topological polar surface area (TPSA) is 46.2 Å². The summed E-state index contributed by atoms with van der Waals surface area (Å²) in [5, 5.41) is 0. The number of nitrogens with one attached hydrogen (secondary N) is 1. The van der Waals surface area contributed by atoms with Crippen LogP contribution in [0.3, 0.4) is 0 Å². The zero-order valence-corrected chi connectivity index (χ0v) is 10.2. The second-order valence-electron chi connectivity index (χ2n) is 3.66. The first-order chi connectivity index (χ1) is 8.90. The molecule has 0 aliphatic carbocycles. The third kappa shape index (κ3) is 2.87. The van der Waals surface area contributed by atoms with E-state index in [1.165, 1.54) is 12.1 Å². The number of benzene rings is 2. The second kappa shape index (κ2) is 4.93. The van der Waals surface area contributed by atoms with Crippen molar-refractivity contribution in [3.8, 4) is 0 Å². The molecule has 0 saturated heterocycles. The predicted molar refractivity (Wildman–Crippen MR) is 63.6 cm³/mol. The van der Waals surface area contributed by atoms with Crippen LogP contribution < -0.4 is 4.72 Å². The molecule has 0 aliphatic rings. The number of sulfonamides is 1. The summed E-state index contributed by atoms with van der Waals surface area (Å²) >= 11 is 0. The molecule has 0 heterocycles. The number of hydrogen-bond acceptors (Lipinski definition) is 2. The van der Waals surface area contributed by atoms with E-state index in [0.717, 1.165) is 24.3 Å². The summed E-state index contributed by atoms with van der Waals surface area (Å²) in [5.74, 6) is -2.89. The molecule has 0 unspecified atom stereocenters. The van der Waals surface area contributed by atoms with Gasteiger partial charge < -0.3 is 0 Å². The standard InChI is InChI=1S/C12H8F3NO2S/c13-8-5-6-11(10(15)7-8)16-19(17,18)12-4-2-1-3-9(12)14/h1-7,16H. The lowest BCUT2D eigenvalue weighted by atomic mass is 10.3. The van der Waals surface area contributed by atoms with Gasteiger partial charge in [0.1, 0.15) is 22.3 Å². The van der Waals surface area contributed by atoms with E-state index in [2.05, 4.69) is 0 Å². The molecule has 0 spiro atoms. The van der Waals surface area contributed by atoms with Gasteiger partial charge in [0.15, 0.2) is 0 Å². The van der Waals surface area contributed by atoms with Gasteiger partial charge in [-0.1, -0.05) is 12.1 Å². The molecule has 0 saturated carbocycles. The van der Waals surface area contributed by atoms with Crippen molar-refractivity contribution >= 4 is 15.7 Å². The Kier molecular flexibility index (Phi) is 3.48. The lowest BCUT2D eigenvalue weighted by Crippen LogP contribution is -2.15. The van der Waals surface area contributed by atoms with Gasteiger partial charge in [-0.15, -0.1) is 0 Å². The van der Waals surface area contributed by atoms with Crippen molar-refractivity contribution in [1.29, 1.82) is 0 Å². The maximum Gasteiger partial charge on any atom is 0.264 e. The van der Waals surface area contributed by atoms with Crippen LogP contribution in [0.2, 0.25) is 0 Å². The first kappa shape index (κ1) is 13.4. The van der Waals surface area contributed by atoms with Crippen molar-refractivity contribution in [2.45, 2.75) is 4.90 Å². The highest BCUT2D eigenvalue weighted by molar-refractivity contribution is 7.92. The molecular formula is C12H8F3NO2S. The highest BCUT2D eigenvalue weighted by Crippen LogP contribution is 2.21. The monoisotopic (exact) mass is 287 g/mol. The largest absolute Gasteiger partial charge is 0.277 e. The van der Waals surface area contributed by atoms with Gasteiger partial charge in [-0.3, -0.25) is 4.72 Å². The number of hydrogen-bond donors (Lipinski definition) is 1. The summed E-state index contributed by atoms with van der Waals surface area (Å²) in [7, 11) is -4.27. The first-order valence-corrected chi connectivity index (χ1v) is 6.61. The highest BCUT2D eigenvalue weighted by atomic mass is 32.2. The Balaban J connectivity index is 2.40. The van der Waals surface area contributed by atoms with Gasteiger partial charge in [-0.2, -0.15) is 0 Å². The molecule has 3 nitrogen and oxygen atoms in total. The van der Waals surface area contributed by atoms with Crippen molar-refractivity contribution in [3.05, 3.63) is 59.9 Å². The van der Waals surface area contributed by atoms with E-state index >= 15 is 0 Å². The Morgan fingerprint density at radius 1 is 0.895 bits per heavy atom. The lowest BCUT2D eigenvalue weighted by molar-refractivity contribution is 0.567. The van der Waals surface area contributed by atoms with Crippen molar-refractivity contribution < 1.29 is 21.6 Å². The van der Waals surface area contributed by atoms with Crippen LogP contribution in [-0.4, -0.2) is 8.42 Å². The van der Waals surface area contributed by atoms with Crippen LogP contribution in [0.25, 0.3) is 0 Å². The molecule has 0 aliphatic heterocycles. The van der Waals surface area contributed by atoms with E-state index in [1.54, 1.807) is 0 Å². The van der Waals surface area contributed by atoms with Gasteiger partial charge >= 0.3 is 0 Å². The van der Waals surface area contributed by atoms with Crippen molar-refractivity contribution in [1.82, 2.24) is 0 Å². The van der Waals surface area contributed by atoms with Gasteiger partial charge in [0.05, 0.1) is 5.69 Å². The van der Waals surface area contributed by atoms with E-state index in [-0.39, 0.29) is 0 Å². The molecule has 0 aromatic heterocycles.